The lowest BCUT2D eigenvalue weighted by atomic mass is 9.85. The highest BCUT2D eigenvalue weighted by molar-refractivity contribution is 6.01. The Hall–Kier alpha value is -3.94. The van der Waals surface area contributed by atoms with Crippen LogP contribution in [0, 0.1) is 11.3 Å². The van der Waals surface area contributed by atoms with E-state index in [1.54, 1.807) is 19.2 Å². The lowest BCUT2D eigenvalue weighted by Crippen LogP contribution is -2.45. The van der Waals surface area contributed by atoms with Crippen molar-refractivity contribution in [3.8, 4) is 6.07 Å². The summed E-state index contributed by atoms with van der Waals surface area (Å²) in [7, 11) is 1.60. The molecule has 174 valence electrons. The summed E-state index contributed by atoms with van der Waals surface area (Å²) in [6.07, 6.45) is -2.75. The Labute approximate surface area is 191 Å². The van der Waals surface area contributed by atoms with Crippen LogP contribution < -0.4 is 10.6 Å². The third-order valence-electron chi connectivity index (χ3n) is 6.41. The molecule has 5 rings (SSSR count). The van der Waals surface area contributed by atoms with Crippen molar-refractivity contribution in [2.45, 2.75) is 31.0 Å². The summed E-state index contributed by atoms with van der Waals surface area (Å²) in [6, 6.07) is 10.2. The summed E-state index contributed by atoms with van der Waals surface area (Å²) in [4.78, 5) is 28.7. The molecule has 1 fully saturated rings. The molecular formula is C23H19F3N6O2. The molecule has 0 saturated carbocycles. The van der Waals surface area contributed by atoms with Crippen molar-refractivity contribution in [3.05, 3.63) is 63.7 Å². The van der Waals surface area contributed by atoms with Gasteiger partial charge >= 0.3 is 11.9 Å². The number of aryl methyl sites for hydroxylation is 1. The molecule has 0 aliphatic carbocycles. The van der Waals surface area contributed by atoms with E-state index in [1.807, 2.05) is 11.0 Å². The molecule has 0 N–H and O–H groups in total. The molecule has 2 aromatic heterocycles. The van der Waals surface area contributed by atoms with Gasteiger partial charge in [0.2, 0.25) is 0 Å². The van der Waals surface area contributed by atoms with Crippen molar-refractivity contribution in [2.75, 3.05) is 18.0 Å². The topological polar surface area (TPSA) is 96.4 Å². The average molecular weight is 468 g/mol. The summed E-state index contributed by atoms with van der Waals surface area (Å²) < 4.78 is 39.9. The maximum atomic E-state index is 12.8. The number of aromatic nitrogens is 3. The number of hydrogen-bond donors (Lipinski definition) is 0. The van der Waals surface area contributed by atoms with E-state index >= 15 is 0 Å². The fourth-order valence-corrected chi connectivity index (χ4v) is 4.41. The SMILES string of the molecule is Cn1c(=O)nc(N2CCC3(CC2)CC(c2ccc(C(F)(F)F)cc2)=NO3)c2nc(C#N)ccc21. The van der Waals surface area contributed by atoms with Crippen molar-refractivity contribution < 1.29 is 18.0 Å². The third-order valence-corrected chi connectivity index (χ3v) is 6.41. The number of pyridine rings is 1. The van der Waals surface area contributed by atoms with Gasteiger partial charge in [-0.3, -0.25) is 4.57 Å². The number of alkyl halides is 3. The second kappa shape index (κ2) is 7.83. The number of oxime groups is 1. The van der Waals surface area contributed by atoms with Crippen molar-refractivity contribution in [3.63, 3.8) is 0 Å². The van der Waals surface area contributed by atoms with Crippen LogP contribution in [0.15, 0.2) is 46.3 Å². The third kappa shape index (κ3) is 3.75. The van der Waals surface area contributed by atoms with Crippen LogP contribution >= 0.6 is 0 Å². The zero-order chi connectivity index (χ0) is 24.1. The van der Waals surface area contributed by atoms with E-state index in [0.717, 1.165) is 12.1 Å². The first-order valence-corrected chi connectivity index (χ1v) is 10.6. The molecule has 0 amide bonds. The Balaban J connectivity index is 1.34. The van der Waals surface area contributed by atoms with Crippen molar-refractivity contribution >= 4 is 22.6 Å². The van der Waals surface area contributed by atoms with Crippen LogP contribution in [0.25, 0.3) is 11.0 Å². The smallest absolute Gasteiger partial charge is 0.388 e. The van der Waals surface area contributed by atoms with Crippen molar-refractivity contribution in [1.29, 1.82) is 5.26 Å². The molecule has 0 unspecified atom stereocenters. The van der Waals surface area contributed by atoms with E-state index in [2.05, 4.69) is 15.1 Å². The lowest BCUT2D eigenvalue weighted by Gasteiger charge is -2.37. The summed E-state index contributed by atoms with van der Waals surface area (Å²) in [5.41, 5.74) is 0.816. The maximum Gasteiger partial charge on any atom is 0.416 e. The molecule has 3 aromatic rings. The van der Waals surface area contributed by atoms with Crippen LogP contribution in [0.1, 0.15) is 36.1 Å². The molecule has 1 saturated heterocycles. The van der Waals surface area contributed by atoms with Gasteiger partial charge in [0.25, 0.3) is 0 Å². The average Bonchev–Trinajstić information content (AvgIpc) is 3.24. The number of rotatable bonds is 2. The number of fused-ring (bicyclic) bond motifs is 1. The molecule has 0 bridgehead atoms. The van der Waals surface area contributed by atoms with Crippen molar-refractivity contribution in [2.24, 2.45) is 12.2 Å². The Morgan fingerprint density at radius 3 is 2.44 bits per heavy atom. The van der Waals surface area contributed by atoms with Gasteiger partial charge in [-0.1, -0.05) is 17.3 Å². The second-order valence-corrected chi connectivity index (χ2v) is 8.50. The standard InChI is InChI=1S/C23H19F3N6O2/c1-31-18-7-6-16(13-27)28-19(18)20(29-21(31)33)32-10-8-22(9-11-32)12-17(30-34-22)14-2-4-15(5-3-14)23(24,25)26/h2-7H,8-12H2,1H3. The first-order valence-electron chi connectivity index (χ1n) is 10.6. The number of hydrogen-bond acceptors (Lipinski definition) is 7. The molecule has 11 heteroatoms. The first kappa shape index (κ1) is 21.9. The van der Waals surface area contributed by atoms with Gasteiger partial charge in [0.15, 0.2) is 5.82 Å². The molecule has 2 aliphatic heterocycles. The Morgan fingerprint density at radius 2 is 1.79 bits per heavy atom. The van der Waals surface area contributed by atoms with Crippen LogP contribution in [0.4, 0.5) is 19.0 Å². The van der Waals surface area contributed by atoms with Crippen molar-refractivity contribution in [1.82, 2.24) is 14.5 Å². The Bertz CT molecular complexity index is 1400. The Kier molecular flexibility index (Phi) is 5.04. The molecule has 34 heavy (non-hydrogen) atoms. The van der Waals surface area contributed by atoms with E-state index in [1.165, 1.54) is 16.7 Å². The van der Waals surface area contributed by atoms with E-state index < -0.39 is 23.0 Å². The second-order valence-electron chi connectivity index (χ2n) is 8.50. The minimum atomic E-state index is -4.39. The minimum absolute atomic E-state index is 0.233. The predicted molar refractivity (Wildman–Crippen MR) is 117 cm³/mol. The summed E-state index contributed by atoms with van der Waals surface area (Å²) in [5, 5.41) is 13.4. The monoisotopic (exact) mass is 468 g/mol. The van der Waals surface area contributed by atoms with Gasteiger partial charge in [0, 0.05) is 39.4 Å². The van der Waals surface area contributed by atoms with Gasteiger partial charge in [0.05, 0.1) is 16.8 Å². The van der Waals surface area contributed by atoms with Gasteiger partial charge in [-0.25, -0.2) is 9.78 Å². The fourth-order valence-electron chi connectivity index (χ4n) is 4.41. The van der Waals surface area contributed by atoms with E-state index in [9.17, 15) is 23.2 Å². The van der Waals surface area contributed by atoms with Crippen LogP contribution in [-0.4, -0.2) is 38.9 Å². The normalized spacial score (nSPS) is 17.5. The van der Waals surface area contributed by atoms with Gasteiger partial charge in [-0.2, -0.15) is 23.4 Å². The molecular weight excluding hydrogens is 449 g/mol. The molecule has 2 aliphatic rings. The fraction of sp³-hybridized carbons (Fsp3) is 0.348. The van der Waals surface area contributed by atoms with Gasteiger partial charge in [0.1, 0.15) is 22.9 Å². The minimum Gasteiger partial charge on any atom is -0.388 e. The number of halogens is 3. The molecule has 0 radical (unpaired) electrons. The van der Waals surface area contributed by atoms with Gasteiger partial charge in [-0.05, 0) is 29.8 Å². The molecule has 1 aromatic carbocycles. The first-order chi connectivity index (χ1) is 16.2. The highest BCUT2D eigenvalue weighted by atomic mass is 19.4. The van der Waals surface area contributed by atoms with Gasteiger partial charge in [-0.15, -0.1) is 0 Å². The quantitative estimate of drug-likeness (QED) is 0.572. The number of nitrogens with zero attached hydrogens (tertiary/aromatic N) is 6. The number of piperidine rings is 1. The number of nitriles is 1. The van der Waals surface area contributed by atoms with Crippen LogP contribution in [-0.2, 0) is 18.1 Å². The lowest BCUT2D eigenvalue weighted by molar-refractivity contribution is -0.137. The zero-order valence-electron chi connectivity index (χ0n) is 18.1. The summed E-state index contributed by atoms with van der Waals surface area (Å²) in [5.74, 6) is 0.423. The van der Waals surface area contributed by atoms with E-state index in [4.69, 9.17) is 4.84 Å². The molecule has 0 atom stereocenters. The van der Waals surface area contributed by atoms with E-state index in [-0.39, 0.29) is 5.69 Å². The number of benzene rings is 1. The molecule has 8 nitrogen and oxygen atoms in total. The maximum absolute atomic E-state index is 12.8. The largest absolute Gasteiger partial charge is 0.416 e. The van der Waals surface area contributed by atoms with Crippen LogP contribution in [0.5, 0.6) is 0 Å². The predicted octanol–water partition coefficient (Wildman–Crippen LogP) is 3.38. The van der Waals surface area contributed by atoms with E-state index in [0.29, 0.717) is 60.5 Å². The highest BCUT2D eigenvalue weighted by Gasteiger charge is 2.43. The summed E-state index contributed by atoms with van der Waals surface area (Å²) in [6.45, 7) is 1.03. The Morgan fingerprint density at radius 1 is 1.09 bits per heavy atom. The molecule has 1 spiro atoms. The van der Waals surface area contributed by atoms with Crippen LogP contribution in [0.3, 0.4) is 0 Å². The summed E-state index contributed by atoms with van der Waals surface area (Å²) >= 11 is 0. The van der Waals surface area contributed by atoms with Crippen LogP contribution in [0.2, 0.25) is 0 Å². The highest BCUT2D eigenvalue weighted by Crippen LogP contribution is 2.38. The number of anilines is 1. The molecule has 4 heterocycles. The van der Waals surface area contributed by atoms with Gasteiger partial charge < -0.3 is 9.74 Å². The zero-order valence-corrected chi connectivity index (χ0v) is 18.1.